The van der Waals surface area contributed by atoms with Gasteiger partial charge in [0, 0.05) is 35.7 Å². The second kappa shape index (κ2) is 14.9. The molecule has 1 fully saturated rings. The van der Waals surface area contributed by atoms with Gasteiger partial charge in [0.05, 0.1) is 40.1 Å². The molecule has 4 N–H and O–H groups in total. The van der Waals surface area contributed by atoms with E-state index in [4.69, 9.17) is 16.6 Å². The van der Waals surface area contributed by atoms with Gasteiger partial charge in [0.25, 0.3) is 12.3 Å². The SMILES string of the molecule is C=C1C2c3c(C(F)F)nn(CC(=O)NC(Cc4cc(F)cc(F)c4)c4nc(C#CC(C)(C)O)ccc4-c4ccc(Cl)c5c(NC(=O)CNC)nn(C)c45)c3C(F)(F)C12. The van der Waals surface area contributed by atoms with Crippen LogP contribution in [-0.4, -0.2) is 60.7 Å². The van der Waals surface area contributed by atoms with Crippen LogP contribution >= 0.6 is 11.6 Å². The van der Waals surface area contributed by atoms with Gasteiger partial charge in [-0.3, -0.25) is 19.0 Å². The van der Waals surface area contributed by atoms with Crippen molar-refractivity contribution in [3.05, 3.63) is 105 Å². The van der Waals surface area contributed by atoms with Crippen LogP contribution in [0, 0.1) is 29.4 Å². The fourth-order valence-corrected chi connectivity index (χ4v) is 7.76. The number of nitrogens with zero attached hydrogens (tertiary/aromatic N) is 5. The summed E-state index contributed by atoms with van der Waals surface area (Å²) in [6.07, 6.45) is -3.54. The lowest BCUT2D eigenvalue weighted by Crippen LogP contribution is -2.35. The smallest absolute Gasteiger partial charge is 0.297 e. The topological polar surface area (TPSA) is 139 Å². The number of likely N-dealkylation sites (N-methyl/N-ethyl adjacent to an activating group) is 1. The number of anilines is 1. The third-order valence-electron chi connectivity index (χ3n) is 9.83. The Morgan fingerprint density at radius 1 is 1.05 bits per heavy atom. The minimum absolute atomic E-state index is 0.0302. The highest BCUT2D eigenvalue weighted by Gasteiger charge is 2.70. The van der Waals surface area contributed by atoms with Crippen molar-refractivity contribution in [2.45, 2.75) is 56.7 Å². The summed E-state index contributed by atoms with van der Waals surface area (Å²) >= 11 is 6.67. The molecule has 0 aliphatic heterocycles. The molecule has 2 aliphatic carbocycles. The average Bonchev–Trinajstić information content (AvgIpc) is 3.35. The molecule has 0 saturated heterocycles. The normalized spacial score (nSPS) is 17.2. The number of alkyl halides is 4. The van der Waals surface area contributed by atoms with E-state index in [0.717, 1.165) is 12.1 Å². The van der Waals surface area contributed by atoms with Crippen molar-refractivity contribution in [2.24, 2.45) is 13.0 Å². The second-order valence-corrected chi connectivity index (χ2v) is 15.1. The predicted molar refractivity (Wildman–Crippen MR) is 202 cm³/mol. The Morgan fingerprint density at radius 2 is 1.74 bits per heavy atom. The van der Waals surface area contributed by atoms with Crippen molar-refractivity contribution in [1.29, 1.82) is 0 Å². The molecule has 3 heterocycles. The third kappa shape index (κ3) is 7.54. The van der Waals surface area contributed by atoms with Crippen LogP contribution in [0.3, 0.4) is 0 Å². The van der Waals surface area contributed by atoms with Gasteiger partial charge in [-0.2, -0.15) is 19.0 Å². The largest absolute Gasteiger partial charge is 0.378 e. The number of carbonyl (C=O) groups excluding carboxylic acids is 2. The van der Waals surface area contributed by atoms with Gasteiger partial charge in [-0.05, 0) is 69.1 Å². The predicted octanol–water partition coefficient (Wildman–Crippen LogP) is 6.46. The summed E-state index contributed by atoms with van der Waals surface area (Å²) in [6, 6.07) is 7.76. The molecule has 0 spiro atoms. The van der Waals surface area contributed by atoms with Crippen LogP contribution in [-0.2, 0) is 35.5 Å². The van der Waals surface area contributed by atoms with E-state index in [0.29, 0.717) is 32.8 Å². The number of rotatable bonds is 11. The van der Waals surface area contributed by atoms with E-state index in [1.165, 1.54) is 24.6 Å². The zero-order valence-electron chi connectivity index (χ0n) is 31.3. The number of aromatic nitrogens is 5. The van der Waals surface area contributed by atoms with Crippen LogP contribution in [0.15, 0.2) is 54.6 Å². The summed E-state index contributed by atoms with van der Waals surface area (Å²) in [4.78, 5) is 31.3. The molecule has 302 valence electrons. The molecular formula is C40H35ClF6N8O3. The number of aryl methyl sites for hydroxylation is 1. The maximum atomic E-state index is 15.6. The van der Waals surface area contributed by atoms with E-state index < -0.39 is 77.2 Å². The van der Waals surface area contributed by atoms with Crippen molar-refractivity contribution in [2.75, 3.05) is 18.9 Å². The van der Waals surface area contributed by atoms with Gasteiger partial charge >= 0.3 is 0 Å². The first-order chi connectivity index (χ1) is 27.3. The minimum Gasteiger partial charge on any atom is -0.378 e. The van der Waals surface area contributed by atoms with Crippen LogP contribution in [0.1, 0.15) is 66.1 Å². The quantitative estimate of drug-likeness (QED) is 0.0682. The van der Waals surface area contributed by atoms with Crippen LogP contribution in [0.5, 0.6) is 0 Å². The molecule has 3 unspecified atom stereocenters. The Hall–Kier alpha value is -5.70. The summed E-state index contributed by atoms with van der Waals surface area (Å²) < 4.78 is 90.7. The number of allylic oxidation sites excluding steroid dienone is 1. The van der Waals surface area contributed by atoms with Crippen LogP contribution in [0.2, 0.25) is 5.02 Å². The minimum atomic E-state index is -3.62. The summed E-state index contributed by atoms with van der Waals surface area (Å²) in [5.41, 5.74) is -1.99. The summed E-state index contributed by atoms with van der Waals surface area (Å²) in [6.45, 7) is 5.54. The molecule has 3 atom stereocenters. The van der Waals surface area contributed by atoms with E-state index in [1.54, 1.807) is 32.3 Å². The highest BCUT2D eigenvalue weighted by atomic mass is 35.5. The first-order valence-corrected chi connectivity index (χ1v) is 18.2. The number of pyridine rings is 1. The highest BCUT2D eigenvalue weighted by Crippen LogP contribution is 2.71. The lowest BCUT2D eigenvalue weighted by Gasteiger charge is -2.23. The van der Waals surface area contributed by atoms with Crippen molar-refractivity contribution in [3.63, 3.8) is 0 Å². The number of amides is 2. The lowest BCUT2D eigenvalue weighted by molar-refractivity contribution is -0.123. The monoisotopic (exact) mass is 824 g/mol. The Bertz CT molecular complexity index is 2570. The molecule has 58 heavy (non-hydrogen) atoms. The molecule has 5 aromatic rings. The highest BCUT2D eigenvalue weighted by molar-refractivity contribution is 6.37. The molecule has 3 aromatic heterocycles. The molecule has 11 nitrogen and oxygen atoms in total. The number of hydrogen-bond donors (Lipinski definition) is 4. The molecule has 1 saturated carbocycles. The Balaban J connectivity index is 1.38. The Labute approximate surface area is 332 Å². The molecule has 0 bridgehead atoms. The van der Waals surface area contributed by atoms with E-state index in [2.05, 4.69) is 44.6 Å². The molecule has 18 heteroatoms. The number of halogens is 7. The van der Waals surface area contributed by atoms with Crippen molar-refractivity contribution in [3.8, 4) is 23.0 Å². The third-order valence-corrected chi connectivity index (χ3v) is 10.1. The molecule has 2 amide bonds. The van der Waals surface area contributed by atoms with E-state index in [9.17, 15) is 32.3 Å². The van der Waals surface area contributed by atoms with Crippen molar-refractivity contribution in [1.82, 2.24) is 35.2 Å². The van der Waals surface area contributed by atoms with Gasteiger partial charge in [-0.1, -0.05) is 35.7 Å². The number of fused-ring (bicyclic) bond motifs is 4. The number of carbonyl (C=O) groups is 2. The van der Waals surface area contributed by atoms with Gasteiger partial charge in [-0.25, -0.2) is 22.5 Å². The zero-order valence-corrected chi connectivity index (χ0v) is 32.1. The fourth-order valence-electron chi connectivity index (χ4n) is 7.52. The fraction of sp³-hybridized carbons (Fsp3) is 0.325. The number of nitrogens with one attached hydrogen (secondary N) is 3. The molecule has 0 radical (unpaired) electrons. The van der Waals surface area contributed by atoms with Gasteiger partial charge in [0.2, 0.25) is 11.8 Å². The summed E-state index contributed by atoms with van der Waals surface area (Å²) in [5, 5.41) is 27.3. The number of benzene rings is 2. The maximum Gasteiger partial charge on any atom is 0.297 e. The molecule has 2 aromatic carbocycles. The van der Waals surface area contributed by atoms with E-state index >= 15 is 8.78 Å². The van der Waals surface area contributed by atoms with Crippen LogP contribution in [0.4, 0.5) is 32.2 Å². The lowest BCUT2D eigenvalue weighted by atomic mass is 9.93. The first kappa shape index (κ1) is 40.5. The van der Waals surface area contributed by atoms with Gasteiger partial charge in [0.1, 0.15) is 40.9 Å². The van der Waals surface area contributed by atoms with E-state index in [-0.39, 0.29) is 51.9 Å². The summed E-state index contributed by atoms with van der Waals surface area (Å²) in [7, 11) is 3.20. The number of hydrogen-bond acceptors (Lipinski definition) is 7. The first-order valence-electron chi connectivity index (χ1n) is 17.9. The van der Waals surface area contributed by atoms with Gasteiger partial charge in [-0.15, -0.1) is 0 Å². The number of aliphatic hydroxyl groups is 1. The molecule has 7 rings (SSSR count). The maximum absolute atomic E-state index is 15.6. The average molecular weight is 825 g/mol. The van der Waals surface area contributed by atoms with Crippen molar-refractivity contribution < 1.29 is 41.0 Å². The molecular weight excluding hydrogens is 790 g/mol. The zero-order chi connectivity index (χ0) is 42.0. The summed E-state index contributed by atoms with van der Waals surface area (Å²) in [5.74, 6) is -3.66. The second-order valence-electron chi connectivity index (χ2n) is 14.7. The molecule has 2 aliphatic rings. The van der Waals surface area contributed by atoms with Gasteiger partial charge < -0.3 is 21.1 Å². The van der Waals surface area contributed by atoms with Gasteiger partial charge in [0.15, 0.2) is 5.82 Å². The Kier molecular flexibility index (Phi) is 10.4. The van der Waals surface area contributed by atoms with Crippen molar-refractivity contribution >= 4 is 40.1 Å². The Morgan fingerprint density at radius 3 is 2.40 bits per heavy atom. The van der Waals surface area contributed by atoms with E-state index in [1.807, 2.05) is 0 Å². The van der Waals surface area contributed by atoms with Crippen LogP contribution in [0.25, 0.3) is 22.0 Å². The van der Waals surface area contributed by atoms with Crippen LogP contribution < -0.4 is 16.0 Å². The standard InChI is InChI=1S/C40H35ClF6N8O3/c1-18-29-31-34(37(44)45)52-55(36(31)40(46,47)32(18)29)17-28(57)50-26(14-19-12-20(42)15-21(43)13-19)33-23(7-6-22(49-33)10-11-39(2,3)58)24-8-9-25(41)30-35(24)54(5)53-38(30)51-27(56)16-48-4/h6-9,12-13,15,26,29,32,37,48,58H,1,14,16-17H2,2-5H3,(H,50,57)(H,51,53,56).